The minimum absolute atomic E-state index is 0.134. The molecule has 5 aromatic rings. The van der Waals surface area contributed by atoms with Crippen LogP contribution in [0.15, 0.2) is 74.2 Å². The molecule has 0 spiro atoms. The van der Waals surface area contributed by atoms with Crippen molar-refractivity contribution >= 4 is 69.0 Å². The molecule has 5 rings (SSSR count). The molecule has 0 saturated heterocycles. The van der Waals surface area contributed by atoms with Crippen LogP contribution >= 0.6 is 47.1 Å². The Hall–Kier alpha value is -3.26. The average molecular weight is 555 g/mol. The Balaban J connectivity index is 1.23. The summed E-state index contributed by atoms with van der Waals surface area (Å²) in [6.45, 7) is 1.98. The van der Waals surface area contributed by atoms with Gasteiger partial charge in [-0.3, -0.25) is 14.2 Å². The number of rotatable bonds is 8. The van der Waals surface area contributed by atoms with Crippen molar-refractivity contribution in [3.63, 3.8) is 0 Å². The molecule has 0 saturated carbocycles. The Kier molecular flexibility index (Phi) is 7.32. The smallest absolute Gasteiger partial charge is 0.277 e. The van der Waals surface area contributed by atoms with Gasteiger partial charge >= 0.3 is 0 Å². The molecule has 0 bridgehead atoms. The Bertz CT molecular complexity index is 1640. The zero-order chi connectivity index (χ0) is 25.1. The fourth-order valence-corrected chi connectivity index (χ4v) is 5.76. The first-order valence-corrected chi connectivity index (χ1v) is 13.8. The predicted molar refractivity (Wildman–Crippen MR) is 145 cm³/mol. The van der Waals surface area contributed by atoms with Crippen LogP contribution in [-0.2, 0) is 10.5 Å². The third kappa shape index (κ3) is 5.59. The Labute approximate surface area is 222 Å². The molecule has 0 aliphatic rings. The van der Waals surface area contributed by atoms with Gasteiger partial charge in [0.1, 0.15) is 4.70 Å². The van der Waals surface area contributed by atoms with E-state index in [1.165, 1.54) is 23.1 Å². The van der Waals surface area contributed by atoms with Crippen LogP contribution < -0.4 is 10.9 Å². The minimum Gasteiger partial charge on any atom is -0.415 e. The van der Waals surface area contributed by atoms with E-state index in [1.807, 2.05) is 61.5 Å². The Morgan fingerprint density at radius 1 is 1.14 bits per heavy atom. The second kappa shape index (κ2) is 10.8. The number of thiazole rings is 1. The molecule has 0 unspecified atom stereocenters. The SMILES string of the molecule is Cc1ccc(NC(=O)CSc2nnc(CSc3nc4c(sc(=S)n4-c4ccccc4)c(=O)[nH]3)o2)cc1. The van der Waals surface area contributed by atoms with Gasteiger partial charge in [0.05, 0.1) is 11.5 Å². The van der Waals surface area contributed by atoms with Crippen molar-refractivity contribution in [2.24, 2.45) is 0 Å². The van der Waals surface area contributed by atoms with Crippen LogP contribution in [0.2, 0.25) is 0 Å². The van der Waals surface area contributed by atoms with E-state index in [-0.39, 0.29) is 22.4 Å². The van der Waals surface area contributed by atoms with Gasteiger partial charge in [0.25, 0.3) is 10.8 Å². The number of amides is 1. The van der Waals surface area contributed by atoms with Gasteiger partial charge in [-0.25, -0.2) is 4.98 Å². The van der Waals surface area contributed by atoms with Gasteiger partial charge in [0.15, 0.2) is 14.8 Å². The molecule has 0 fully saturated rings. The van der Waals surface area contributed by atoms with E-state index in [4.69, 9.17) is 16.6 Å². The summed E-state index contributed by atoms with van der Waals surface area (Å²) >= 11 is 9.12. The number of para-hydroxylation sites is 1. The summed E-state index contributed by atoms with van der Waals surface area (Å²) in [6.07, 6.45) is 0. The fourth-order valence-electron chi connectivity index (χ4n) is 3.21. The summed E-state index contributed by atoms with van der Waals surface area (Å²) in [6, 6.07) is 17.1. The summed E-state index contributed by atoms with van der Waals surface area (Å²) in [5.74, 6) is 0.620. The largest absolute Gasteiger partial charge is 0.415 e. The molecule has 0 radical (unpaired) electrons. The van der Waals surface area contributed by atoms with Crippen LogP contribution in [0.5, 0.6) is 0 Å². The number of carbonyl (C=O) groups excluding carboxylic acids is 1. The zero-order valence-corrected chi connectivity index (χ0v) is 22.0. The standard InChI is InChI=1S/C23H18N6O3S4/c1-13-7-9-14(10-8-13)24-16(30)11-35-22-28-27-17(32-22)12-34-21-25-19-18(20(31)26-21)36-23(33)29(19)15-5-3-2-4-6-15/h2-10H,11-12H2,1H3,(H,24,30)(H,25,26,31). The number of aryl methyl sites for hydroxylation is 1. The van der Waals surface area contributed by atoms with E-state index >= 15 is 0 Å². The average Bonchev–Trinajstić information content (AvgIpc) is 3.47. The number of nitrogens with one attached hydrogen (secondary N) is 2. The number of anilines is 1. The number of hydrogen-bond donors (Lipinski definition) is 2. The summed E-state index contributed by atoms with van der Waals surface area (Å²) < 4.78 is 8.44. The van der Waals surface area contributed by atoms with Gasteiger partial charge in [-0.2, -0.15) is 0 Å². The molecule has 9 nitrogen and oxygen atoms in total. The second-order valence-corrected chi connectivity index (χ2v) is 11.1. The molecule has 3 heterocycles. The van der Waals surface area contributed by atoms with Crippen molar-refractivity contribution in [2.45, 2.75) is 23.1 Å². The molecule has 3 aromatic heterocycles. The van der Waals surface area contributed by atoms with Crippen LogP contribution in [0.3, 0.4) is 0 Å². The van der Waals surface area contributed by atoms with Crippen molar-refractivity contribution in [1.29, 1.82) is 0 Å². The van der Waals surface area contributed by atoms with Gasteiger partial charge in [-0.15, -0.1) is 10.2 Å². The molecule has 2 aromatic carbocycles. The summed E-state index contributed by atoms with van der Waals surface area (Å²) in [5.41, 5.74) is 2.94. The quantitative estimate of drug-likeness (QED) is 0.151. The number of fused-ring (bicyclic) bond motifs is 1. The molecular weight excluding hydrogens is 537 g/mol. The van der Waals surface area contributed by atoms with E-state index in [0.717, 1.165) is 28.7 Å². The number of thioether (sulfide) groups is 2. The van der Waals surface area contributed by atoms with E-state index < -0.39 is 0 Å². The Morgan fingerprint density at radius 2 is 1.92 bits per heavy atom. The highest BCUT2D eigenvalue weighted by Crippen LogP contribution is 2.26. The predicted octanol–water partition coefficient (Wildman–Crippen LogP) is 5.22. The molecule has 182 valence electrons. The van der Waals surface area contributed by atoms with Gasteiger partial charge in [-0.05, 0) is 43.4 Å². The molecular formula is C23H18N6O3S4. The highest BCUT2D eigenvalue weighted by Gasteiger charge is 2.15. The van der Waals surface area contributed by atoms with Crippen molar-refractivity contribution in [3.8, 4) is 5.69 Å². The lowest BCUT2D eigenvalue weighted by atomic mass is 10.2. The van der Waals surface area contributed by atoms with Gasteiger partial charge in [0, 0.05) is 11.4 Å². The van der Waals surface area contributed by atoms with Crippen LogP contribution in [0, 0.1) is 10.9 Å². The third-order valence-corrected chi connectivity index (χ3v) is 7.92. The molecule has 0 aliphatic carbocycles. The first-order valence-electron chi connectivity index (χ1n) is 10.6. The number of carbonyl (C=O) groups is 1. The van der Waals surface area contributed by atoms with Crippen LogP contribution in [0.1, 0.15) is 11.5 Å². The summed E-state index contributed by atoms with van der Waals surface area (Å²) in [7, 11) is 0. The molecule has 13 heteroatoms. The maximum absolute atomic E-state index is 12.7. The lowest BCUT2D eigenvalue weighted by Crippen LogP contribution is -2.13. The molecule has 36 heavy (non-hydrogen) atoms. The number of benzene rings is 2. The number of aromatic nitrogens is 5. The number of hydrogen-bond acceptors (Lipinski definition) is 10. The zero-order valence-electron chi connectivity index (χ0n) is 18.8. The molecule has 1 amide bonds. The topological polar surface area (TPSA) is 119 Å². The van der Waals surface area contributed by atoms with Gasteiger partial charge in [-0.1, -0.05) is 70.8 Å². The van der Waals surface area contributed by atoms with Crippen LogP contribution in [-0.4, -0.2) is 36.4 Å². The van der Waals surface area contributed by atoms with Gasteiger partial charge in [0.2, 0.25) is 11.8 Å². The number of aromatic amines is 1. The second-order valence-electron chi connectivity index (χ2n) is 7.52. The number of nitrogens with zero attached hydrogens (tertiary/aromatic N) is 4. The maximum Gasteiger partial charge on any atom is 0.277 e. The van der Waals surface area contributed by atoms with E-state index in [0.29, 0.717) is 31.1 Å². The lowest BCUT2D eigenvalue weighted by molar-refractivity contribution is -0.113. The highest BCUT2D eigenvalue weighted by molar-refractivity contribution is 7.99. The number of H-pyrrole nitrogens is 1. The summed E-state index contributed by atoms with van der Waals surface area (Å²) in [4.78, 5) is 32.3. The highest BCUT2D eigenvalue weighted by atomic mass is 32.2. The van der Waals surface area contributed by atoms with Crippen LogP contribution in [0.25, 0.3) is 16.0 Å². The van der Waals surface area contributed by atoms with Gasteiger partial charge < -0.3 is 14.7 Å². The van der Waals surface area contributed by atoms with Crippen molar-refractivity contribution in [1.82, 2.24) is 24.7 Å². The van der Waals surface area contributed by atoms with Crippen molar-refractivity contribution < 1.29 is 9.21 Å². The third-order valence-electron chi connectivity index (χ3n) is 4.88. The lowest BCUT2D eigenvalue weighted by Gasteiger charge is -2.04. The molecule has 0 aliphatic heterocycles. The van der Waals surface area contributed by atoms with Crippen molar-refractivity contribution in [3.05, 3.63) is 80.4 Å². The fraction of sp³-hybridized carbons (Fsp3) is 0.130. The maximum atomic E-state index is 12.7. The van der Waals surface area contributed by atoms with E-state index in [9.17, 15) is 9.59 Å². The normalized spacial score (nSPS) is 11.1. The van der Waals surface area contributed by atoms with E-state index in [2.05, 4.69) is 25.5 Å². The van der Waals surface area contributed by atoms with E-state index in [1.54, 1.807) is 4.57 Å². The first-order chi connectivity index (χ1) is 17.5. The molecule has 2 N–H and O–H groups in total. The van der Waals surface area contributed by atoms with Crippen LogP contribution in [0.4, 0.5) is 5.69 Å². The first kappa shape index (κ1) is 24.4. The van der Waals surface area contributed by atoms with Crippen molar-refractivity contribution in [2.75, 3.05) is 11.1 Å². The molecule has 0 atom stereocenters. The Morgan fingerprint density at radius 3 is 2.69 bits per heavy atom. The minimum atomic E-state index is -0.255. The summed E-state index contributed by atoms with van der Waals surface area (Å²) in [5, 5.41) is 11.5. The monoisotopic (exact) mass is 554 g/mol.